The Morgan fingerprint density at radius 3 is 2.35 bits per heavy atom. The molecule has 130 valence electrons. The van der Waals surface area contributed by atoms with Gasteiger partial charge in [-0.25, -0.2) is 9.97 Å². The van der Waals surface area contributed by atoms with E-state index < -0.39 is 11.8 Å². The third-order valence-electron chi connectivity index (χ3n) is 3.82. The molecule has 0 N–H and O–H groups in total. The number of hydrogen-bond donors (Lipinski definition) is 0. The zero-order valence-corrected chi connectivity index (χ0v) is 13.6. The van der Waals surface area contributed by atoms with Gasteiger partial charge in [0, 0.05) is 12.4 Å². The standard InChI is InChI=1S/C18H14N4O4/c23-17-14-3-1-2-4-15(14)18(24)22(17)26-10-9-25-13-5-6-16(20-11-13)21-8-7-19-12-21/h1-8,11-12H,9-10H2. The number of fused-ring (bicyclic) bond motifs is 1. The van der Waals surface area contributed by atoms with Gasteiger partial charge in [0.05, 0.1) is 17.3 Å². The summed E-state index contributed by atoms with van der Waals surface area (Å²) in [5.41, 5.74) is 0.690. The van der Waals surface area contributed by atoms with E-state index >= 15 is 0 Å². The summed E-state index contributed by atoms with van der Waals surface area (Å²) in [5.74, 6) is 0.353. The zero-order chi connectivity index (χ0) is 17.9. The van der Waals surface area contributed by atoms with Crippen molar-refractivity contribution in [2.45, 2.75) is 0 Å². The van der Waals surface area contributed by atoms with Crippen LogP contribution in [0.1, 0.15) is 20.7 Å². The molecule has 0 saturated carbocycles. The first-order chi connectivity index (χ1) is 12.7. The molecule has 2 amide bonds. The predicted octanol–water partition coefficient (Wildman–Crippen LogP) is 1.87. The van der Waals surface area contributed by atoms with Crippen LogP contribution in [0.4, 0.5) is 0 Å². The van der Waals surface area contributed by atoms with E-state index in [1.165, 1.54) is 0 Å². The molecule has 3 aromatic rings. The monoisotopic (exact) mass is 350 g/mol. The van der Waals surface area contributed by atoms with E-state index in [0.29, 0.717) is 16.9 Å². The SMILES string of the molecule is O=C1c2ccccc2C(=O)N1OCCOc1ccc(-n2ccnc2)nc1. The van der Waals surface area contributed by atoms with Crippen LogP contribution in [0.2, 0.25) is 0 Å². The fraction of sp³-hybridized carbons (Fsp3) is 0.111. The molecule has 0 saturated heterocycles. The number of hydroxylamine groups is 2. The van der Waals surface area contributed by atoms with E-state index in [4.69, 9.17) is 9.57 Å². The molecule has 8 nitrogen and oxygen atoms in total. The highest BCUT2D eigenvalue weighted by Gasteiger charge is 2.36. The minimum atomic E-state index is -0.461. The van der Waals surface area contributed by atoms with Crippen molar-refractivity contribution in [1.82, 2.24) is 19.6 Å². The van der Waals surface area contributed by atoms with Gasteiger partial charge < -0.3 is 4.74 Å². The molecule has 3 heterocycles. The predicted molar refractivity (Wildman–Crippen MR) is 89.7 cm³/mol. The molecule has 1 aromatic carbocycles. The van der Waals surface area contributed by atoms with Crippen LogP contribution in [-0.2, 0) is 4.84 Å². The van der Waals surface area contributed by atoms with E-state index in [2.05, 4.69) is 9.97 Å². The van der Waals surface area contributed by atoms with E-state index in [1.807, 2.05) is 0 Å². The average molecular weight is 350 g/mol. The summed E-state index contributed by atoms with van der Waals surface area (Å²) in [5, 5.41) is 0.772. The van der Waals surface area contributed by atoms with Crippen molar-refractivity contribution in [3.63, 3.8) is 0 Å². The van der Waals surface area contributed by atoms with Crippen LogP contribution in [0, 0.1) is 0 Å². The van der Waals surface area contributed by atoms with Crippen LogP contribution in [0.3, 0.4) is 0 Å². The molecule has 0 radical (unpaired) electrons. The Kier molecular flexibility index (Phi) is 4.16. The van der Waals surface area contributed by atoms with E-state index in [1.54, 1.807) is 65.9 Å². The van der Waals surface area contributed by atoms with Crippen molar-refractivity contribution in [3.05, 3.63) is 72.4 Å². The number of benzene rings is 1. The molecule has 1 aliphatic heterocycles. The summed E-state index contributed by atoms with van der Waals surface area (Å²) in [7, 11) is 0. The number of rotatable bonds is 6. The van der Waals surface area contributed by atoms with Gasteiger partial charge in [-0.05, 0) is 24.3 Å². The first-order valence-corrected chi connectivity index (χ1v) is 7.92. The van der Waals surface area contributed by atoms with Gasteiger partial charge >= 0.3 is 0 Å². The first kappa shape index (κ1) is 16.0. The molecule has 0 fully saturated rings. The lowest BCUT2D eigenvalue weighted by Gasteiger charge is -2.13. The quantitative estimate of drug-likeness (QED) is 0.498. The normalized spacial score (nSPS) is 13.2. The van der Waals surface area contributed by atoms with Crippen molar-refractivity contribution >= 4 is 11.8 Å². The fourth-order valence-electron chi connectivity index (χ4n) is 2.58. The fourth-order valence-corrected chi connectivity index (χ4v) is 2.58. The van der Waals surface area contributed by atoms with Crippen LogP contribution in [-0.4, -0.2) is 44.6 Å². The highest BCUT2D eigenvalue weighted by atomic mass is 16.7. The molecule has 2 aromatic heterocycles. The summed E-state index contributed by atoms with van der Waals surface area (Å²) in [6.45, 7) is 0.217. The number of amides is 2. The minimum Gasteiger partial charge on any atom is -0.489 e. The second kappa shape index (κ2) is 6.77. The summed E-state index contributed by atoms with van der Waals surface area (Å²) in [4.78, 5) is 37.8. The van der Waals surface area contributed by atoms with Gasteiger partial charge in [-0.3, -0.25) is 19.0 Å². The van der Waals surface area contributed by atoms with Gasteiger partial charge in [0.2, 0.25) is 0 Å². The number of pyridine rings is 1. The number of carbonyl (C=O) groups is 2. The van der Waals surface area contributed by atoms with Gasteiger partial charge in [-0.15, -0.1) is 5.06 Å². The molecule has 0 aliphatic carbocycles. The zero-order valence-electron chi connectivity index (χ0n) is 13.6. The number of hydrogen-bond acceptors (Lipinski definition) is 6. The summed E-state index contributed by atoms with van der Waals surface area (Å²) >= 11 is 0. The Morgan fingerprint density at radius 2 is 1.73 bits per heavy atom. The molecular formula is C18H14N4O4. The summed E-state index contributed by atoms with van der Waals surface area (Å²) < 4.78 is 7.30. The smallest absolute Gasteiger partial charge is 0.285 e. The number of nitrogens with zero attached hydrogens (tertiary/aromatic N) is 4. The Bertz CT molecular complexity index is 903. The van der Waals surface area contributed by atoms with Crippen molar-refractivity contribution in [1.29, 1.82) is 0 Å². The van der Waals surface area contributed by atoms with Crippen LogP contribution in [0.15, 0.2) is 61.3 Å². The second-order valence-corrected chi connectivity index (χ2v) is 5.45. The van der Waals surface area contributed by atoms with Gasteiger partial charge in [0.25, 0.3) is 11.8 Å². The van der Waals surface area contributed by atoms with Gasteiger partial charge in [-0.2, -0.15) is 0 Å². The maximum absolute atomic E-state index is 12.1. The average Bonchev–Trinajstić information content (AvgIpc) is 3.29. The van der Waals surface area contributed by atoms with Gasteiger partial charge in [-0.1, -0.05) is 12.1 Å². The highest BCUT2D eigenvalue weighted by molar-refractivity contribution is 6.20. The molecule has 0 atom stereocenters. The molecule has 0 spiro atoms. The first-order valence-electron chi connectivity index (χ1n) is 7.92. The molecular weight excluding hydrogens is 336 g/mol. The number of ether oxygens (including phenoxy) is 1. The number of imide groups is 1. The van der Waals surface area contributed by atoms with Crippen LogP contribution < -0.4 is 4.74 Å². The van der Waals surface area contributed by atoms with Crippen molar-refractivity contribution < 1.29 is 19.2 Å². The van der Waals surface area contributed by atoms with Gasteiger partial charge in [0.15, 0.2) is 0 Å². The third-order valence-corrected chi connectivity index (χ3v) is 3.82. The van der Waals surface area contributed by atoms with E-state index in [0.717, 1.165) is 10.9 Å². The molecule has 26 heavy (non-hydrogen) atoms. The molecule has 8 heteroatoms. The molecule has 1 aliphatic rings. The summed E-state index contributed by atoms with van der Waals surface area (Å²) in [6.07, 6.45) is 6.69. The Balaban J connectivity index is 1.30. The second-order valence-electron chi connectivity index (χ2n) is 5.45. The summed E-state index contributed by atoms with van der Waals surface area (Å²) in [6, 6.07) is 10.2. The number of aromatic nitrogens is 3. The Labute approximate surface area is 148 Å². The third kappa shape index (κ3) is 2.93. The van der Waals surface area contributed by atoms with Gasteiger partial charge in [0.1, 0.15) is 31.1 Å². The molecule has 0 bridgehead atoms. The van der Waals surface area contributed by atoms with Crippen LogP contribution >= 0.6 is 0 Å². The highest BCUT2D eigenvalue weighted by Crippen LogP contribution is 2.22. The lowest BCUT2D eigenvalue weighted by molar-refractivity contribution is -0.0976. The van der Waals surface area contributed by atoms with Crippen molar-refractivity contribution in [2.24, 2.45) is 0 Å². The molecule has 0 unspecified atom stereocenters. The largest absolute Gasteiger partial charge is 0.489 e. The van der Waals surface area contributed by atoms with E-state index in [9.17, 15) is 9.59 Å². The Hall–Kier alpha value is -3.52. The molecule has 4 rings (SSSR count). The van der Waals surface area contributed by atoms with Crippen LogP contribution in [0.5, 0.6) is 5.75 Å². The van der Waals surface area contributed by atoms with Crippen molar-refractivity contribution in [3.8, 4) is 11.6 Å². The topological polar surface area (TPSA) is 86.5 Å². The van der Waals surface area contributed by atoms with E-state index in [-0.39, 0.29) is 13.2 Å². The lowest BCUT2D eigenvalue weighted by Crippen LogP contribution is -2.31. The number of imidazole rings is 1. The minimum absolute atomic E-state index is 0.0503. The van der Waals surface area contributed by atoms with Crippen molar-refractivity contribution in [2.75, 3.05) is 13.2 Å². The Morgan fingerprint density at radius 1 is 0.962 bits per heavy atom. The van der Waals surface area contributed by atoms with Crippen LogP contribution in [0.25, 0.3) is 5.82 Å². The lowest BCUT2D eigenvalue weighted by atomic mass is 10.1. The maximum Gasteiger partial charge on any atom is 0.285 e. The number of carbonyl (C=O) groups excluding carboxylic acids is 2. The maximum atomic E-state index is 12.1.